The molecule has 1 unspecified atom stereocenters. The summed E-state index contributed by atoms with van der Waals surface area (Å²) < 4.78 is 1.40. The summed E-state index contributed by atoms with van der Waals surface area (Å²) >= 11 is 1.85. The minimum Gasteiger partial charge on any atom is -0.310 e. The number of hydrogen-bond acceptors (Lipinski definition) is 2. The van der Waals surface area contributed by atoms with E-state index in [0.717, 1.165) is 12.5 Å². The molecule has 0 amide bonds. The molecule has 1 atom stereocenters. The van der Waals surface area contributed by atoms with Crippen LogP contribution < -0.4 is 5.32 Å². The number of hydrogen-bond donors (Lipinski definition) is 1. The molecule has 2 heteroatoms. The lowest BCUT2D eigenvalue weighted by Gasteiger charge is -2.12. The fraction of sp³-hybridized carbons (Fsp3) is 0.467. The standard InChI is InChI=1S/C15H19NS/c1-11(8-12-6-7-12)16-9-13-10-17-15-5-3-2-4-14(13)15/h2-5,10-12,16H,6-9H2,1H3. The molecule has 0 aliphatic heterocycles. The number of benzene rings is 1. The van der Waals surface area contributed by atoms with E-state index in [1.165, 1.54) is 34.9 Å². The fourth-order valence-electron chi connectivity index (χ4n) is 2.39. The first kappa shape index (κ1) is 11.2. The molecule has 3 rings (SSSR count). The maximum atomic E-state index is 3.66. The highest BCUT2D eigenvalue weighted by Crippen LogP contribution is 2.33. The largest absolute Gasteiger partial charge is 0.310 e. The number of nitrogens with one attached hydrogen (secondary N) is 1. The summed E-state index contributed by atoms with van der Waals surface area (Å²) in [7, 11) is 0. The van der Waals surface area contributed by atoms with Crippen LogP contribution in [0, 0.1) is 5.92 Å². The normalized spacial score (nSPS) is 17.5. The highest BCUT2D eigenvalue weighted by Gasteiger charge is 2.23. The van der Waals surface area contributed by atoms with Crippen molar-refractivity contribution in [2.75, 3.05) is 0 Å². The van der Waals surface area contributed by atoms with Gasteiger partial charge < -0.3 is 5.32 Å². The minimum absolute atomic E-state index is 0.654. The lowest BCUT2D eigenvalue weighted by Crippen LogP contribution is -2.25. The van der Waals surface area contributed by atoms with Crippen LogP contribution >= 0.6 is 11.3 Å². The summed E-state index contributed by atoms with van der Waals surface area (Å²) in [5, 5.41) is 7.37. The molecule has 0 bridgehead atoms. The molecule has 1 aromatic heterocycles. The van der Waals surface area contributed by atoms with Crippen LogP contribution in [0.4, 0.5) is 0 Å². The second-order valence-electron chi connectivity index (χ2n) is 5.22. The zero-order valence-corrected chi connectivity index (χ0v) is 11.1. The highest BCUT2D eigenvalue weighted by atomic mass is 32.1. The lowest BCUT2D eigenvalue weighted by atomic mass is 10.1. The number of fused-ring (bicyclic) bond motifs is 1. The molecular formula is C15H19NS. The fourth-order valence-corrected chi connectivity index (χ4v) is 3.35. The van der Waals surface area contributed by atoms with Crippen molar-refractivity contribution in [3.8, 4) is 0 Å². The van der Waals surface area contributed by atoms with Crippen LogP contribution in [-0.2, 0) is 6.54 Å². The molecule has 0 spiro atoms. The Morgan fingerprint density at radius 3 is 3.00 bits per heavy atom. The van der Waals surface area contributed by atoms with Crippen molar-refractivity contribution in [2.45, 2.75) is 38.8 Å². The van der Waals surface area contributed by atoms with Gasteiger partial charge in [-0.25, -0.2) is 0 Å². The first-order valence-corrected chi connectivity index (χ1v) is 7.39. The Morgan fingerprint density at radius 2 is 2.18 bits per heavy atom. The number of thiophene rings is 1. The molecule has 17 heavy (non-hydrogen) atoms. The summed E-state index contributed by atoms with van der Waals surface area (Å²) in [4.78, 5) is 0. The van der Waals surface area contributed by atoms with Crippen LogP contribution in [0.25, 0.3) is 10.1 Å². The van der Waals surface area contributed by atoms with E-state index in [9.17, 15) is 0 Å². The van der Waals surface area contributed by atoms with Gasteiger partial charge in [0.05, 0.1) is 0 Å². The molecule has 1 heterocycles. The summed E-state index contributed by atoms with van der Waals surface area (Å²) in [5.74, 6) is 1.01. The van der Waals surface area contributed by atoms with Crippen LogP contribution in [0.1, 0.15) is 31.7 Å². The molecule has 1 fully saturated rings. The molecule has 0 saturated heterocycles. The molecule has 2 aromatic rings. The third kappa shape index (κ3) is 2.70. The van der Waals surface area contributed by atoms with Crippen molar-refractivity contribution >= 4 is 21.4 Å². The van der Waals surface area contributed by atoms with Gasteiger partial charge in [0, 0.05) is 17.3 Å². The Balaban J connectivity index is 1.63. The molecule has 1 aromatic carbocycles. The third-order valence-electron chi connectivity index (χ3n) is 3.59. The Morgan fingerprint density at radius 1 is 1.35 bits per heavy atom. The minimum atomic E-state index is 0.654. The van der Waals surface area contributed by atoms with E-state index < -0.39 is 0 Å². The van der Waals surface area contributed by atoms with E-state index in [1.54, 1.807) is 0 Å². The first-order chi connectivity index (χ1) is 8.33. The number of rotatable bonds is 5. The van der Waals surface area contributed by atoms with Crippen molar-refractivity contribution in [2.24, 2.45) is 5.92 Å². The smallest absolute Gasteiger partial charge is 0.0346 e. The molecular weight excluding hydrogens is 226 g/mol. The SMILES string of the molecule is CC(CC1CC1)NCc1csc2ccccc12. The second kappa shape index (κ2) is 4.79. The van der Waals surface area contributed by atoms with Crippen LogP contribution in [0.3, 0.4) is 0 Å². The van der Waals surface area contributed by atoms with E-state index in [0.29, 0.717) is 6.04 Å². The van der Waals surface area contributed by atoms with Crippen LogP contribution in [0.2, 0.25) is 0 Å². The zero-order valence-electron chi connectivity index (χ0n) is 10.3. The average Bonchev–Trinajstić information content (AvgIpc) is 3.06. The molecule has 90 valence electrons. The van der Waals surface area contributed by atoms with E-state index in [4.69, 9.17) is 0 Å². The van der Waals surface area contributed by atoms with Crippen LogP contribution in [-0.4, -0.2) is 6.04 Å². The molecule has 1 N–H and O–H groups in total. The van der Waals surface area contributed by atoms with Crippen molar-refractivity contribution in [1.82, 2.24) is 5.32 Å². The predicted octanol–water partition coefficient (Wildman–Crippen LogP) is 4.18. The van der Waals surface area contributed by atoms with E-state index in [2.05, 4.69) is 41.9 Å². The predicted molar refractivity (Wildman–Crippen MR) is 75.5 cm³/mol. The van der Waals surface area contributed by atoms with Gasteiger partial charge in [0.2, 0.25) is 0 Å². The van der Waals surface area contributed by atoms with E-state index in [-0.39, 0.29) is 0 Å². The Kier molecular flexibility index (Phi) is 3.17. The van der Waals surface area contributed by atoms with Gasteiger partial charge in [-0.1, -0.05) is 31.0 Å². The van der Waals surface area contributed by atoms with Gasteiger partial charge in [-0.15, -0.1) is 11.3 Å². The van der Waals surface area contributed by atoms with Crippen molar-refractivity contribution < 1.29 is 0 Å². The molecule has 1 aliphatic carbocycles. The maximum absolute atomic E-state index is 3.66. The summed E-state index contributed by atoms with van der Waals surface area (Å²) in [6.45, 7) is 3.32. The first-order valence-electron chi connectivity index (χ1n) is 6.51. The Hall–Kier alpha value is -0.860. The molecule has 1 nitrogen and oxygen atoms in total. The molecule has 1 aliphatic rings. The average molecular weight is 245 g/mol. The Labute approximate surface area is 107 Å². The van der Waals surface area contributed by atoms with Gasteiger partial charge in [-0.3, -0.25) is 0 Å². The van der Waals surface area contributed by atoms with Gasteiger partial charge >= 0.3 is 0 Å². The van der Waals surface area contributed by atoms with Gasteiger partial charge in [-0.2, -0.15) is 0 Å². The van der Waals surface area contributed by atoms with Gasteiger partial charge in [0.15, 0.2) is 0 Å². The van der Waals surface area contributed by atoms with Gasteiger partial charge in [0.25, 0.3) is 0 Å². The van der Waals surface area contributed by atoms with Gasteiger partial charge in [0.1, 0.15) is 0 Å². The van der Waals surface area contributed by atoms with E-state index in [1.807, 2.05) is 11.3 Å². The van der Waals surface area contributed by atoms with Crippen molar-refractivity contribution in [3.05, 3.63) is 35.2 Å². The monoisotopic (exact) mass is 245 g/mol. The quantitative estimate of drug-likeness (QED) is 0.833. The third-order valence-corrected chi connectivity index (χ3v) is 4.60. The maximum Gasteiger partial charge on any atom is 0.0346 e. The van der Waals surface area contributed by atoms with Crippen molar-refractivity contribution in [1.29, 1.82) is 0 Å². The molecule has 0 radical (unpaired) electrons. The second-order valence-corrected chi connectivity index (χ2v) is 6.13. The highest BCUT2D eigenvalue weighted by molar-refractivity contribution is 7.17. The van der Waals surface area contributed by atoms with Crippen molar-refractivity contribution in [3.63, 3.8) is 0 Å². The topological polar surface area (TPSA) is 12.0 Å². The van der Waals surface area contributed by atoms with E-state index >= 15 is 0 Å². The lowest BCUT2D eigenvalue weighted by molar-refractivity contribution is 0.489. The summed E-state index contributed by atoms with van der Waals surface area (Å²) in [5.41, 5.74) is 1.45. The zero-order chi connectivity index (χ0) is 11.7. The molecule has 1 saturated carbocycles. The van der Waals surface area contributed by atoms with Gasteiger partial charge in [-0.05, 0) is 41.7 Å². The van der Waals surface area contributed by atoms with Crippen LogP contribution in [0.15, 0.2) is 29.6 Å². The Bertz CT molecular complexity index is 498. The summed E-state index contributed by atoms with van der Waals surface area (Å²) in [6, 6.07) is 9.34. The summed E-state index contributed by atoms with van der Waals surface area (Å²) in [6.07, 6.45) is 4.25. The van der Waals surface area contributed by atoms with Crippen LogP contribution in [0.5, 0.6) is 0 Å².